The maximum atomic E-state index is 13.1. The number of rotatable bonds is 5. The van der Waals surface area contributed by atoms with Gasteiger partial charge in [0.25, 0.3) is 0 Å². The number of anilines is 1. The van der Waals surface area contributed by atoms with Gasteiger partial charge >= 0.3 is 12.3 Å². The van der Waals surface area contributed by atoms with Gasteiger partial charge in [0.15, 0.2) is 0 Å². The Labute approximate surface area is 207 Å². The summed E-state index contributed by atoms with van der Waals surface area (Å²) >= 11 is 0. The number of ether oxygens (including phenoxy) is 2. The van der Waals surface area contributed by atoms with Crippen molar-refractivity contribution in [3.05, 3.63) is 35.4 Å². The van der Waals surface area contributed by atoms with Gasteiger partial charge in [-0.25, -0.2) is 4.79 Å². The molecule has 1 aliphatic rings. The van der Waals surface area contributed by atoms with Crippen molar-refractivity contribution in [3.63, 3.8) is 0 Å². The van der Waals surface area contributed by atoms with E-state index >= 15 is 0 Å². The zero-order valence-corrected chi connectivity index (χ0v) is 20.8. The summed E-state index contributed by atoms with van der Waals surface area (Å²) in [4.78, 5) is 25.9. The fourth-order valence-electron chi connectivity index (χ4n) is 4.00. The summed E-state index contributed by atoms with van der Waals surface area (Å²) in [5.74, 6) is -0.167. The van der Waals surface area contributed by atoms with E-state index in [1.165, 1.54) is 18.1 Å². The molecule has 12 heteroatoms. The monoisotopic (exact) mass is 509 g/mol. The molecule has 0 unspecified atom stereocenters. The van der Waals surface area contributed by atoms with Crippen molar-refractivity contribution >= 4 is 17.8 Å². The molecule has 1 fully saturated rings. The van der Waals surface area contributed by atoms with Crippen LogP contribution in [0, 0.1) is 6.92 Å². The van der Waals surface area contributed by atoms with Crippen molar-refractivity contribution in [1.82, 2.24) is 15.1 Å². The average Bonchev–Trinajstić information content (AvgIpc) is 2.77. The summed E-state index contributed by atoms with van der Waals surface area (Å²) in [5.41, 5.74) is 5.34. The molecule has 0 radical (unpaired) electrons. The standard InChI is InChI=1S/C24H30F3N5O4/c1-13-10-19(30-31-20(13)16-8-6-14(24(25,26)27)11-18(16)35-5)29-15-7-9-17(21(28)33)32(12-15)22(34)36-23(2,3)4/h6,8,10-11,15,17H,7,9,12H2,1-5H3,(H2,28,33)(H,29,30)/t15-,17+/m1/s1. The van der Waals surface area contributed by atoms with Gasteiger partial charge < -0.3 is 20.5 Å². The number of aromatic nitrogens is 2. The molecule has 2 heterocycles. The number of benzene rings is 1. The van der Waals surface area contributed by atoms with Crippen LogP contribution in [-0.4, -0.2) is 58.4 Å². The highest BCUT2D eigenvalue weighted by molar-refractivity contribution is 5.84. The number of nitrogens with one attached hydrogen (secondary N) is 1. The van der Waals surface area contributed by atoms with Gasteiger partial charge in [0, 0.05) is 18.2 Å². The molecule has 0 saturated carbocycles. The van der Waals surface area contributed by atoms with Gasteiger partial charge in [0.05, 0.1) is 18.4 Å². The Kier molecular flexibility index (Phi) is 7.65. The van der Waals surface area contributed by atoms with Crippen molar-refractivity contribution < 1.29 is 32.2 Å². The van der Waals surface area contributed by atoms with Gasteiger partial charge in [-0.15, -0.1) is 10.2 Å². The van der Waals surface area contributed by atoms with E-state index in [1.54, 1.807) is 33.8 Å². The first-order valence-corrected chi connectivity index (χ1v) is 11.3. The van der Waals surface area contributed by atoms with Crippen LogP contribution in [0.15, 0.2) is 24.3 Å². The Balaban J connectivity index is 1.80. The number of amides is 2. The molecular weight excluding hydrogens is 479 g/mol. The van der Waals surface area contributed by atoms with Gasteiger partial charge in [-0.3, -0.25) is 9.69 Å². The second-order valence-electron chi connectivity index (χ2n) is 9.64. The molecule has 1 aromatic carbocycles. The molecule has 36 heavy (non-hydrogen) atoms. The summed E-state index contributed by atoms with van der Waals surface area (Å²) in [6.45, 7) is 7.11. The number of nitrogens with two attached hydrogens (primary N) is 1. The van der Waals surface area contributed by atoms with Gasteiger partial charge in [-0.2, -0.15) is 13.2 Å². The number of carbonyl (C=O) groups is 2. The Morgan fingerprint density at radius 1 is 1.14 bits per heavy atom. The lowest BCUT2D eigenvalue weighted by atomic mass is 9.98. The number of hydrogen-bond donors (Lipinski definition) is 2. The van der Waals surface area contributed by atoms with Crippen molar-refractivity contribution in [1.29, 1.82) is 0 Å². The first-order valence-electron chi connectivity index (χ1n) is 11.3. The van der Waals surface area contributed by atoms with Crippen LogP contribution >= 0.6 is 0 Å². The van der Waals surface area contributed by atoms with Gasteiger partial charge in [-0.05, 0) is 70.4 Å². The van der Waals surface area contributed by atoms with E-state index in [1.807, 2.05) is 0 Å². The van der Waals surface area contributed by atoms with E-state index < -0.39 is 35.4 Å². The second-order valence-corrected chi connectivity index (χ2v) is 9.64. The quantitative estimate of drug-likeness (QED) is 0.622. The third kappa shape index (κ3) is 6.35. The number of likely N-dealkylation sites (tertiary alicyclic amines) is 1. The van der Waals surface area contributed by atoms with Crippen LogP contribution in [-0.2, 0) is 15.7 Å². The SMILES string of the molecule is COc1cc(C(F)(F)F)ccc1-c1nnc(N[C@@H]2CC[C@@H](C(N)=O)N(C(=O)OC(C)(C)C)C2)cc1C. The Bertz CT molecular complexity index is 1130. The van der Waals surface area contributed by atoms with E-state index in [-0.39, 0.29) is 18.3 Å². The minimum Gasteiger partial charge on any atom is -0.496 e. The van der Waals surface area contributed by atoms with Crippen molar-refractivity contribution in [3.8, 4) is 17.0 Å². The molecular formula is C24H30F3N5O4. The summed E-state index contributed by atoms with van der Waals surface area (Å²) < 4.78 is 49.8. The number of carbonyl (C=O) groups excluding carboxylic acids is 2. The topological polar surface area (TPSA) is 120 Å². The van der Waals surface area contributed by atoms with E-state index in [4.69, 9.17) is 15.2 Å². The summed E-state index contributed by atoms with van der Waals surface area (Å²) in [5, 5.41) is 11.6. The molecule has 3 rings (SSSR count). The lowest BCUT2D eigenvalue weighted by molar-refractivity contribution is -0.137. The van der Waals surface area contributed by atoms with Crippen molar-refractivity contribution in [2.45, 2.75) is 64.4 Å². The van der Waals surface area contributed by atoms with Crippen LogP contribution in [0.25, 0.3) is 11.3 Å². The molecule has 196 valence electrons. The minimum atomic E-state index is -4.50. The van der Waals surface area contributed by atoms with Crippen LogP contribution in [0.1, 0.15) is 44.7 Å². The fraction of sp³-hybridized carbons (Fsp3) is 0.500. The lowest BCUT2D eigenvalue weighted by Gasteiger charge is -2.39. The number of nitrogens with zero attached hydrogens (tertiary/aromatic N) is 3. The maximum absolute atomic E-state index is 13.1. The number of piperidine rings is 1. The van der Waals surface area contributed by atoms with Crippen LogP contribution in [0.5, 0.6) is 5.75 Å². The second kappa shape index (κ2) is 10.2. The smallest absolute Gasteiger partial charge is 0.416 e. The molecule has 1 aromatic heterocycles. The predicted octanol–water partition coefficient (Wildman–Crippen LogP) is 4.14. The zero-order valence-electron chi connectivity index (χ0n) is 20.8. The van der Waals surface area contributed by atoms with Gasteiger partial charge in [-0.1, -0.05) is 0 Å². The highest BCUT2D eigenvalue weighted by Crippen LogP contribution is 2.37. The van der Waals surface area contributed by atoms with Crippen LogP contribution in [0.3, 0.4) is 0 Å². The van der Waals surface area contributed by atoms with Gasteiger partial charge in [0.2, 0.25) is 5.91 Å². The summed E-state index contributed by atoms with van der Waals surface area (Å²) in [7, 11) is 1.29. The van der Waals surface area contributed by atoms with Crippen molar-refractivity contribution in [2.24, 2.45) is 5.73 Å². The molecule has 3 N–H and O–H groups in total. The number of alkyl halides is 3. The van der Waals surface area contributed by atoms with Gasteiger partial charge in [0.1, 0.15) is 23.2 Å². The normalized spacial score (nSPS) is 18.5. The summed E-state index contributed by atoms with van der Waals surface area (Å²) in [6.07, 6.45) is -4.24. The Hall–Kier alpha value is -3.57. The van der Waals surface area contributed by atoms with E-state index in [0.717, 1.165) is 12.1 Å². The highest BCUT2D eigenvalue weighted by atomic mass is 19.4. The number of aryl methyl sites for hydroxylation is 1. The Morgan fingerprint density at radius 3 is 2.39 bits per heavy atom. The molecule has 2 amide bonds. The summed E-state index contributed by atoms with van der Waals surface area (Å²) in [6, 6.07) is 3.86. The average molecular weight is 510 g/mol. The molecule has 9 nitrogen and oxygen atoms in total. The number of halogens is 3. The van der Waals surface area contributed by atoms with Crippen LogP contribution < -0.4 is 15.8 Å². The fourth-order valence-corrected chi connectivity index (χ4v) is 4.00. The molecule has 0 bridgehead atoms. The number of methoxy groups -OCH3 is 1. The first kappa shape index (κ1) is 27.0. The van der Waals surface area contributed by atoms with E-state index in [0.29, 0.717) is 35.5 Å². The van der Waals surface area contributed by atoms with Crippen LogP contribution in [0.4, 0.5) is 23.8 Å². The van der Waals surface area contributed by atoms with E-state index in [9.17, 15) is 22.8 Å². The number of hydrogen-bond acceptors (Lipinski definition) is 7. The molecule has 2 atom stereocenters. The molecule has 0 aliphatic carbocycles. The molecule has 2 aromatic rings. The number of primary amides is 1. The largest absolute Gasteiger partial charge is 0.496 e. The molecule has 1 saturated heterocycles. The highest BCUT2D eigenvalue weighted by Gasteiger charge is 2.37. The maximum Gasteiger partial charge on any atom is 0.416 e. The third-order valence-electron chi connectivity index (χ3n) is 5.66. The Morgan fingerprint density at radius 2 is 1.83 bits per heavy atom. The first-order chi connectivity index (χ1) is 16.7. The van der Waals surface area contributed by atoms with Crippen molar-refractivity contribution in [2.75, 3.05) is 19.0 Å². The molecule has 1 aliphatic heterocycles. The third-order valence-corrected chi connectivity index (χ3v) is 5.66. The lowest BCUT2D eigenvalue weighted by Crippen LogP contribution is -2.56. The van der Waals surface area contributed by atoms with Crippen LogP contribution in [0.2, 0.25) is 0 Å². The zero-order chi connectivity index (χ0) is 26.8. The minimum absolute atomic E-state index is 0.0284. The van der Waals surface area contributed by atoms with E-state index in [2.05, 4.69) is 15.5 Å². The molecule has 0 spiro atoms. The predicted molar refractivity (Wildman–Crippen MR) is 126 cm³/mol.